The minimum absolute atomic E-state index is 0.115. The molecule has 1 saturated heterocycles. The van der Waals surface area contributed by atoms with Crippen molar-refractivity contribution < 1.29 is 9.90 Å². The summed E-state index contributed by atoms with van der Waals surface area (Å²) in [6.45, 7) is 7.33. The second-order valence-corrected chi connectivity index (χ2v) is 7.77. The van der Waals surface area contributed by atoms with Gasteiger partial charge in [-0.1, -0.05) is 31.7 Å². The molecular formula is C20H22N2O2. The quantitative estimate of drug-likeness (QED) is 0.845. The molecule has 1 aromatic heterocycles. The highest BCUT2D eigenvalue weighted by Gasteiger charge is 2.64. The van der Waals surface area contributed by atoms with Gasteiger partial charge in [-0.2, -0.15) is 0 Å². The van der Waals surface area contributed by atoms with Crippen LogP contribution in [0.5, 0.6) is 0 Å². The summed E-state index contributed by atoms with van der Waals surface area (Å²) in [5, 5.41) is 11.1. The third-order valence-corrected chi connectivity index (χ3v) is 6.73. The molecule has 1 spiro atoms. The fraction of sp³-hybridized carbons (Fsp3) is 0.450. The zero-order valence-electron chi connectivity index (χ0n) is 13.9. The van der Waals surface area contributed by atoms with Crippen LogP contribution in [-0.2, 0) is 16.8 Å². The van der Waals surface area contributed by atoms with Crippen LogP contribution in [0.15, 0.2) is 36.5 Å². The maximum absolute atomic E-state index is 12.0. The predicted octanol–water partition coefficient (Wildman–Crippen LogP) is 3.50. The van der Waals surface area contributed by atoms with E-state index in [1.54, 1.807) is 0 Å². The Hall–Kier alpha value is -2.23. The van der Waals surface area contributed by atoms with Gasteiger partial charge in [0.25, 0.3) is 0 Å². The summed E-state index contributed by atoms with van der Waals surface area (Å²) >= 11 is 0. The largest absolute Gasteiger partial charge is 0.481 e. The molecule has 1 saturated carbocycles. The Balaban J connectivity index is 1.78. The number of para-hydroxylation sites is 1. The van der Waals surface area contributed by atoms with Gasteiger partial charge in [0.1, 0.15) is 0 Å². The zero-order valence-corrected chi connectivity index (χ0v) is 13.9. The summed E-state index contributed by atoms with van der Waals surface area (Å²) in [5.41, 5.74) is 4.73. The van der Waals surface area contributed by atoms with Gasteiger partial charge in [0.15, 0.2) is 0 Å². The van der Waals surface area contributed by atoms with Crippen molar-refractivity contribution in [2.75, 3.05) is 6.54 Å². The van der Waals surface area contributed by atoms with Crippen molar-refractivity contribution >= 4 is 16.9 Å². The van der Waals surface area contributed by atoms with E-state index in [1.807, 2.05) is 0 Å². The molecular weight excluding hydrogens is 300 g/mol. The molecule has 0 amide bonds. The van der Waals surface area contributed by atoms with E-state index >= 15 is 0 Å². The average molecular weight is 322 g/mol. The van der Waals surface area contributed by atoms with E-state index in [0.29, 0.717) is 0 Å². The molecule has 2 aliphatic heterocycles. The average Bonchev–Trinajstić information content (AvgIpc) is 3.13. The highest BCUT2D eigenvalue weighted by atomic mass is 16.4. The number of hydrogen-bond donors (Lipinski definition) is 2. The molecule has 3 aliphatic rings. The fourth-order valence-electron chi connectivity index (χ4n) is 5.96. The van der Waals surface area contributed by atoms with Crippen LogP contribution < -0.4 is 0 Å². The maximum atomic E-state index is 12.0. The molecule has 4 unspecified atom stereocenters. The number of aromatic nitrogens is 1. The number of nitrogens with zero attached hydrogens (tertiary/aromatic N) is 1. The van der Waals surface area contributed by atoms with E-state index < -0.39 is 5.97 Å². The standard InChI is InChI=1S/C20H22N2O2/c1-11-10-20-15(17(11)19(23)24)9-12(2)22(20)8-7-14-13-5-3-4-6-16(13)21-18(14)20/h3-6,11,15,17,21H,2,7-10H2,1H3,(H,23,24). The van der Waals surface area contributed by atoms with Gasteiger partial charge in [-0.3, -0.25) is 4.79 Å². The number of hydrogen-bond acceptors (Lipinski definition) is 2. The van der Waals surface area contributed by atoms with Crippen molar-refractivity contribution in [2.24, 2.45) is 17.8 Å². The van der Waals surface area contributed by atoms with Crippen LogP contribution in [0.1, 0.15) is 31.0 Å². The Labute approximate surface area is 141 Å². The van der Waals surface area contributed by atoms with Crippen molar-refractivity contribution in [1.29, 1.82) is 0 Å². The summed E-state index contributed by atoms with van der Waals surface area (Å²) in [6.07, 6.45) is 2.70. The molecule has 2 fully saturated rings. The predicted molar refractivity (Wildman–Crippen MR) is 92.5 cm³/mol. The monoisotopic (exact) mass is 322 g/mol. The zero-order chi connectivity index (χ0) is 16.6. The minimum Gasteiger partial charge on any atom is -0.481 e. The first-order chi connectivity index (χ1) is 11.5. The molecule has 4 heteroatoms. The van der Waals surface area contributed by atoms with E-state index in [4.69, 9.17) is 0 Å². The van der Waals surface area contributed by atoms with Crippen LogP contribution in [-0.4, -0.2) is 27.5 Å². The topological polar surface area (TPSA) is 56.3 Å². The first-order valence-electron chi connectivity index (χ1n) is 8.82. The van der Waals surface area contributed by atoms with Crippen LogP contribution in [0.4, 0.5) is 0 Å². The maximum Gasteiger partial charge on any atom is 0.307 e. The van der Waals surface area contributed by atoms with Gasteiger partial charge in [0.2, 0.25) is 0 Å². The normalized spacial score (nSPS) is 34.3. The van der Waals surface area contributed by atoms with E-state index in [9.17, 15) is 9.90 Å². The van der Waals surface area contributed by atoms with E-state index in [-0.39, 0.29) is 23.3 Å². The SMILES string of the molecule is C=C1CC2C(C(=O)O)C(C)CC23c2[nH]c4ccccc4c2CCN13. The summed E-state index contributed by atoms with van der Waals surface area (Å²) in [4.78, 5) is 18.1. The van der Waals surface area contributed by atoms with Crippen molar-refractivity contribution in [1.82, 2.24) is 9.88 Å². The van der Waals surface area contributed by atoms with Crippen molar-refractivity contribution in [3.63, 3.8) is 0 Å². The number of benzene rings is 1. The summed E-state index contributed by atoms with van der Waals surface area (Å²) in [6, 6.07) is 8.45. The Morgan fingerprint density at radius 1 is 1.42 bits per heavy atom. The number of H-pyrrole nitrogens is 1. The molecule has 24 heavy (non-hydrogen) atoms. The van der Waals surface area contributed by atoms with Gasteiger partial charge in [-0.25, -0.2) is 0 Å². The third-order valence-electron chi connectivity index (χ3n) is 6.73. The van der Waals surface area contributed by atoms with Gasteiger partial charge >= 0.3 is 5.97 Å². The first kappa shape index (κ1) is 14.1. The lowest BCUT2D eigenvalue weighted by Gasteiger charge is -2.44. The number of carbonyl (C=O) groups is 1. The van der Waals surface area contributed by atoms with E-state index in [0.717, 1.165) is 31.5 Å². The van der Waals surface area contributed by atoms with E-state index in [2.05, 4.69) is 47.7 Å². The van der Waals surface area contributed by atoms with Crippen molar-refractivity contribution in [3.05, 3.63) is 47.8 Å². The highest BCUT2D eigenvalue weighted by Crippen LogP contribution is 2.63. The molecule has 2 aromatic rings. The van der Waals surface area contributed by atoms with Crippen molar-refractivity contribution in [2.45, 2.75) is 31.7 Å². The van der Waals surface area contributed by atoms with Gasteiger partial charge in [0.05, 0.1) is 11.5 Å². The molecule has 4 nitrogen and oxygen atoms in total. The molecule has 4 atom stereocenters. The Morgan fingerprint density at radius 3 is 3.00 bits per heavy atom. The highest BCUT2D eigenvalue weighted by molar-refractivity contribution is 5.86. The van der Waals surface area contributed by atoms with E-state index in [1.165, 1.54) is 22.2 Å². The summed E-state index contributed by atoms with van der Waals surface area (Å²) in [5.74, 6) is -0.642. The molecule has 1 aromatic carbocycles. The minimum atomic E-state index is -0.651. The Morgan fingerprint density at radius 2 is 2.21 bits per heavy atom. The van der Waals surface area contributed by atoms with Crippen molar-refractivity contribution in [3.8, 4) is 0 Å². The van der Waals surface area contributed by atoms with Crippen LogP contribution in [0.2, 0.25) is 0 Å². The second kappa shape index (κ2) is 4.44. The number of allylic oxidation sites excluding steroid dienone is 1. The number of rotatable bonds is 1. The number of carboxylic acid groups (broad SMARTS) is 1. The molecule has 3 heterocycles. The number of carboxylic acids is 1. The molecule has 124 valence electrons. The Kier molecular flexibility index (Phi) is 2.61. The molecule has 5 rings (SSSR count). The first-order valence-corrected chi connectivity index (χ1v) is 8.82. The Bertz CT molecular complexity index is 883. The van der Waals surface area contributed by atoms with Gasteiger partial charge < -0.3 is 15.0 Å². The van der Waals surface area contributed by atoms with Crippen LogP contribution in [0, 0.1) is 17.8 Å². The van der Waals surface area contributed by atoms with Crippen LogP contribution in [0.3, 0.4) is 0 Å². The van der Waals surface area contributed by atoms with Crippen LogP contribution >= 0.6 is 0 Å². The molecule has 2 N–H and O–H groups in total. The molecule has 0 radical (unpaired) electrons. The van der Waals surface area contributed by atoms with Crippen LogP contribution in [0.25, 0.3) is 10.9 Å². The lowest BCUT2D eigenvalue weighted by Crippen LogP contribution is -2.47. The lowest BCUT2D eigenvalue weighted by atomic mass is 9.77. The number of aliphatic carboxylic acids is 1. The van der Waals surface area contributed by atoms with Gasteiger partial charge in [-0.05, 0) is 36.8 Å². The number of nitrogens with one attached hydrogen (secondary N) is 1. The van der Waals surface area contributed by atoms with Gasteiger partial charge in [-0.15, -0.1) is 0 Å². The lowest BCUT2D eigenvalue weighted by molar-refractivity contribution is -0.144. The smallest absolute Gasteiger partial charge is 0.307 e. The summed E-state index contributed by atoms with van der Waals surface area (Å²) < 4.78 is 0. The number of aromatic amines is 1. The third kappa shape index (κ3) is 1.47. The number of fused-ring (bicyclic) bond motifs is 3. The fourth-order valence-corrected chi connectivity index (χ4v) is 5.96. The molecule has 0 bridgehead atoms. The second-order valence-electron chi connectivity index (χ2n) is 7.77. The van der Waals surface area contributed by atoms with Gasteiger partial charge in [0, 0.05) is 34.8 Å². The summed E-state index contributed by atoms with van der Waals surface area (Å²) in [7, 11) is 0. The molecule has 1 aliphatic carbocycles.